The van der Waals surface area contributed by atoms with E-state index in [-0.39, 0.29) is 0 Å². The first kappa shape index (κ1) is 14.3. The van der Waals surface area contributed by atoms with E-state index in [9.17, 15) is 0 Å². The highest BCUT2D eigenvalue weighted by molar-refractivity contribution is 9.10. The molecule has 2 rings (SSSR count). The summed E-state index contributed by atoms with van der Waals surface area (Å²) >= 11 is 3.65. The Morgan fingerprint density at radius 3 is 2.74 bits per heavy atom. The van der Waals surface area contributed by atoms with Gasteiger partial charge in [0.1, 0.15) is 5.76 Å². The molecule has 1 aromatic carbocycles. The van der Waals surface area contributed by atoms with Crippen molar-refractivity contribution in [1.29, 1.82) is 0 Å². The topological polar surface area (TPSA) is 28.4 Å². The number of hydrogen-bond donors (Lipinski definition) is 1. The normalized spacial score (nSPS) is 11.2. The highest BCUT2D eigenvalue weighted by Crippen LogP contribution is 2.20. The fourth-order valence-electron chi connectivity index (χ4n) is 2.05. The van der Waals surface area contributed by atoms with E-state index in [1.807, 2.05) is 19.2 Å². The van der Waals surface area contributed by atoms with Gasteiger partial charge in [-0.3, -0.25) is 4.90 Å². The second-order valence-corrected chi connectivity index (χ2v) is 5.56. The third-order valence-corrected chi connectivity index (χ3v) is 3.68. The lowest BCUT2D eigenvalue weighted by atomic mass is 10.1. The Morgan fingerprint density at radius 2 is 2.11 bits per heavy atom. The van der Waals surface area contributed by atoms with Gasteiger partial charge in [0.25, 0.3) is 0 Å². The monoisotopic (exact) mass is 322 g/mol. The summed E-state index contributed by atoms with van der Waals surface area (Å²) in [6.45, 7) is 2.60. The summed E-state index contributed by atoms with van der Waals surface area (Å²) in [6.07, 6.45) is 1.71. The molecule has 1 aromatic heterocycles. The van der Waals surface area contributed by atoms with Crippen molar-refractivity contribution in [3.05, 3.63) is 58.0 Å². The molecule has 3 nitrogen and oxygen atoms in total. The Morgan fingerprint density at radius 1 is 1.26 bits per heavy atom. The van der Waals surface area contributed by atoms with Gasteiger partial charge >= 0.3 is 0 Å². The average molecular weight is 323 g/mol. The maximum atomic E-state index is 5.36. The summed E-state index contributed by atoms with van der Waals surface area (Å²) in [6, 6.07) is 10.4. The van der Waals surface area contributed by atoms with Crippen LogP contribution in [-0.2, 0) is 19.6 Å². The van der Waals surface area contributed by atoms with E-state index in [0.717, 1.165) is 29.9 Å². The molecule has 0 atom stereocenters. The molecule has 102 valence electrons. The zero-order valence-corrected chi connectivity index (χ0v) is 12.9. The van der Waals surface area contributed by atoms with Crippen LogP contribution >= 0.6 is 15.9 Å². The van der Waals surface area contributed by atoms with E-state index in [0.29, 0.717) is 0 Å². The van der Waals surface area contributed by atoms with Crippen molar-refractivity contribution in [2.45, 2.75) is 19.6 Å². The molecule has 0 bridgehead atoms. The van der Waals surface area contributed by atoms with Crippen LogP contribution in [-0.4, -0.2) is 19.0 Å². The number of benzene rings is 1. The molecule has 0 amide bonds. The van der Waals surface area contributed by atoms with Crippen LogP contribution in [0.5, 0.6) is 0 Å². The highest BCUT2D eigenvalue weighted by Gasteiger charge is 2.07. The number of nitrogens with zero attached hydrogens (tertiary/aromatic N) is 1. The van der Waals surface area contributed by atoms with Gasteiger partial charge in [-0.25, -0.2) is 0 Å². The second-order valence-electron chi connectivity index (χ2n) is 4.71. The van der Waals surface area contributed by atoms with Gasteiger partial charge in [0, 0.05) is 17.6 Å². The van der Waals surface area contributed by atoms with Crippen LogP contribution in [0.15, 0.2) is 45.5 Å². The third kappa shape index (κ3) is 4.20. The smallest absolute Gasteiger partial charge is 0.117 e. The molecule has 2 aromatic rings. The summed E-state index contributed by atoms with van der Waals surface area (Å²) in [7, 11) is 4.05. The van der Waals surface area contributed by atoms with E-state index >= 15 is 0 Å². The second kappa shape index (κ2) is 6.89. The number of nitrogens with one attached hydrogen (secondary N) is 1. The zero-order chi connectivity index (χ0) is 13.7. The predicted molar refractivity (Wildman–Crippen MR) is 80.8 cm³/mol. The molecule has 0 saturated heterocycles. The molecular weight excluding hydrogens is 304 g/mol. The third-order valence-electron chi connectivity index (χ3n) is 2.94. The first-order valence-electron chi connectivity index (χ1n) is 6.32. The van der Waals surface area contributed by atoms with Crippen molar-refractivity contribution >= 4 is 15.9 Å². The van der Waals surface area contributed by atoms with Gasteiger partial charge in [-0.2, -0.15) is 0 Å². The molecule has 1 heterocycles. The van der Waals surface area contributed by atoms with Crippen LogP contribution < -0.4 is 5.32 Å². The van der Waals surface area contributed by atoms with Crippen LogP contribution in [0.4, 0.5) is 0 Å². The lowest BCUT2D eigenvalue weighted by Gasteiger charge is -2.16. The van der Waals surface area contributed by atoms with Gasteiger partial charge in [0.2, 0.25) is 0 Å². The summed E-state index contributed by atoms with van der Waals surface area (Å²) in [5.74, 6) is 0.991. The van der Waals surface area contributed by atoms with Gasteiger partial charge in [-0.1, -0.05) is 28.1 Å². The fraction of sp³-hybridized carbons (Fsp3) is 0.333. The molecule has 0 aliphatic rings. The van der Waals surface area contributed by atoms with E-state index in [2.05, 4.69) is 51.4 Å². The Balaban J connectivity index is 1.98. The number of halogens is 1. The number of furan rings is 1. The summed E-state index contributed by atoms with van der Waals surface area (Å²) < 4.78 is 6.52. The zero-order valence-electron chi connectivity index (χ0n) is 11.3. The van der Waals surface area contributed by atoms with Crippen molar-refractivity contribution in [1.82, 2.24) is 10.2 Å². The Kier molecular flexibility index (Phi) is 5.19. The largest absolute Gasteiger partial charge is 0.468 e. The summed E-state index contributed by atoms with van der Waals surface area (Å²) in [5.41, 5.74) is 2.57. The summed E-state index contributed by atoms with van der Waals surface area (Å²) in [5, 5.41) is 3.16. The van der Waals surface area contributed by atoms with E-state index in [1.165, 1.54) is 11.1 Å². The Hall–Kier alpha value is -1.10. The van der Waals surface area contributed by atoms with Gasteiger partial charge in [-0.05, 0) is 43.4 Å². The first-order chi connectivity index (χ1) is 9.19. The molecule has 0 spiro atoms. The van der Waals surface area contributed by atoms with Gasteiger partial charge in [-0.15, -0.1) is 0 Å². The summed E-state index contributed by atoms with van der Waals surface area (Å²) in [4.78, 5) is 2.23. The molecule has 0 aliphatic carbocycles. The van der Waals surface area contributed by atoms with Crippen LogP contribution in [0.2, 0.25) is 0 Å². The fourth-order valence-corrected chi connectivity index (χ4v) is 2.60. The molecule has 0 saturated carbocycles. The molecule has 0 fully saturated rings. The van der Waals surface area contributed by atoms with Gasteiger partial charge < -0.3 is 9.73 Å². The minimum Gasteiger partial charge on any atom is -0.468 e. The van der Waals surface area contributed by atoms with Gasteiger partial charge in [0.05, 0.1) is 12.8 Å². The van der Waals surface area contributed by atoms with E-state index < -0.39 is 0 Å². The Bertz CT molecular complexity index is 511. The van der Waals surface area contributed by atoms with Crippen LogP contribution in [0.1, 0.15) is 16.9 Å². The van der Waals surface area contributed by atoms with Crippen molar-refractivity contribution < 1.29 is 4.42 Å². The lowest BCUT2D eigenvalue weighted by molar-refractivity contribution is 0.287. The first-order valence-corrected chi connectivity index (χ1v) is 7.11. The average Bonchev–Trinajstić information content (AvgIpc) is 2.86. The molecule has 4 heteroatoms. The SMILES string of the molecule is CNCc1ccc(CN(C)Cc2ccco2)c(Br)c1. The molecule has 1 N–H and O–H groups in total. The maximum Gasteiger partial charge on any atom is 0.117 e. The molecule has 0 aliphatic heterocycles. The minimum absolute atomic E-state index is 0.817. The van der Waals surface area contributed by atoms with Crippen molar-refractivity contribution in [2.75, 3.05) is 14.1 Å². The van der Waals surface area contributed by atoms with E-state index in [4.69, 9.17) is 4.42 Å². The Labute approximate surface area is 122 Å². The lowest BCUT2D eigenvalue weighted by Crippen LogP contribution is -2.17. The maximum absolute atomic E-state index is 5.36. The molecule has 19 heavy (non-hydrogen) atoms. The predicted octanol–water partition coefficient (Wildman–Crippen LogP) is 3.39. The highest BCUT2D eigenvalue weighted by atomic mass is 79.9. The molecule has 0 radical (unpaired) electrons. The van der Waals surface area contributed by atoms with Crippen LogP contribution in [0.25, 0.3) is 0 Å². The van der Waals surface area contributed by atoms with Crippen molar-refractivity contribution in [3.63, 3.8) is 0 Å². The van der Waals surface area contributed by atoms with Crippen molar-refractivity contribution in [3.8, 4) is 0 Å². The van der Waals surface area contributed by atoms with Crippen LogP contribution in [0, 0.1) is 0 Å². The molecular formula is C15H19BrN2O. The number of hydrogen-bond acceptors (Lipinski definition) is 3. The van der Waals surface area contributed by atoms with E-state index in [1.54, 1.807) is 6.26 Å². The standard InChI is InChI=1S/C15H19BrN2O/c1-17-9-12-5-6-13(15(16)8-12)10-18(2)11-14-4-3-7-19-14/h3-8,17H,9-11H2,1-2H3. The van der Waals surface area contributed by atoms with Gasteiger partial charge in [0.15, 0.2) is 0 Å². The molecule has 0 unspecified atom stereocenters. The minimum atomic E-state index is 0.817. The quantitative estimate of drug-likeness (QED) is 0.883. The van der Waals surface area contributed by atoms with Crippen LogP contribution in [0.3, 0.4) is 0 Å². The number of rotatable bonds is 6. The van der Waals surface area contributed by atoms with Crippen molar-refractivity contribution in [2.24, 2.45) is 0 Å².